The highest BCUT2D eigenvalue weighted by Crippen LogP contribution is 2.35. The molecule has 1 aromatic heterocycles. The van der Waals surface area contributed by atoms with Crippen molar-refractivity contribution in [1.82, 2.24) is 4.98 Å². The fourth-order valence-electron chi connectivity index (χ4n) is 0.883. The topological polar surface area (TPSA) is 12.9 Å². The molecule has 0 unspecified atom stereocenters. The van der Waals surface area contributed by atoms with Gasteiger partial charge in [0.05, 0.1) is 5.56 Å². The first-order valence-electron chi connectivity index (χ1n) is 3.33. The quantitative estimate of drug-likeness (QED) is 0.655. The maximum atomic E-state index is 12.6. The van der Waals surface area contributed by atoms with Crippen molar-refractivity contribution in [2.24, 2.45) is 0 Å². The first-order chi connectivity index (χ1) is 6.34. The SMILES string of the molecule is Fc1ccnc(C(F)(F)F)c1C(F)F. The molecule has 1 rings (SSSR count). The zero-order valence-corrected chi connectivity index (χ0v) is 6.45. The summed E-state index contributed by atoms with van der Waals surface area (Å²) in [5, 5.41) is 0. The van der Waals surface area contributed by atoms with Gasteiger partial charge in [-0.1, -0.05) is 0 Å². The fourth-order valence-corrected chi connectivity index (χ4v) is 0.883. The highest BCUT2D eigenvalue weighted by Gasteiger charge is 2.39. The third-order valence-corrected chi connectivity index (χ3v) is 1.42. The lowest BCUT2D eigenvalue weighted by atomic mass is 10.2. The van der Waals surface area contributed by atoms with Gasteiger partial charge in [0.25, 0.3) is 6.43 Å². The molecule has 1 aromatic rings. The van der Waals surface area contributed by atoms with E-state index in [0.29, 0.717) is 12.3 Å². The Morgan fingerprint density at radius 1 is 1.21 bits per heavy atom. The molecule has 0 aliphatic rings. The number of rotatable bonds is 1. The van der Waals surface area contributed by atoms with E-state index in [0.717, 1.165) is 0 Å². The van der Waals surface area contributed by atoms with Crippen LogP contribution in [0.1, 0.15) is 17.7 Å². The van der Waals surface area contributed by atoms with Gasteiger partial charge in [-0.3, -0.25) is 4.98 Å². The second-order valence-electron chi connectivity index (χ2n) is 2.35. The molecule has 0 aromatic carbocycles. The highest BCUT2D eigenvalue weighted by molar-refractivity contribution is 5.25. The van der Waals surface area contributed by atoms with Gasteiger partial charge >= 0.3 is 6.18 Å². The van der Waals surface area contributed by atoms with E-state index in [2.05, 4.69) is 4.98 Å². The molecule has 0 spiro atoms. The first-order valence-corrected chi connectivity index (χ1v) is 3.33. The molecule has 0 atom stereocenters. The molecule has 0 saturated heterocycles. The lowest BCUT2D eigenvalue weighted by molar-refractivity contribution is -0.143. The summed E-state index contributed by atoms with van der Waals surface area (Å²) in [5.74, 6) is -1.61. The number of nitrogens with zero attached hydrogens (tertiary/aromatic N) is 1. The molecule has 0 aliphatic heterocycles. The summed E-state index contributed by atoms with van der Waals surface area (Å²) in [6, 6.07) is 0.455. The maximum absolute atomic E-state index is 12.6. The molecular formula is C7H3F6N. The van der Waals surface area contributed by atoms with E-state index in [4.69, 9.17) is 0 Å². The minimum absolute atomic E-state index is 0.455. The third-order valence-electron chi connectivity index (χ3n) is 1.42. The van der Waals surface area contributed by atoms with Crippen LogP contribution in [-0.2, 0) is 6.18 Å². The van der Waals surface area contributed by atoms with Gasteiger partial charge in [0.15, 0.2) is 5.69 Å². The highest BCUT2D eigenvalue weighted by atomic mass is 19.4. The Morgan fingerprint density at radius 2 is 1.79 bits per heavy atom. The van der Waals surface area contributed by atoms with Gasteiger partial charge in [0.2, 0.25) is 0 Å². The van der Waals surface area contributed by atoms with Crippen molar-refractivity contribution < 1.29 is 26.3 Å². The van der Waals surface area contributed by atoms with E-state index in [9.17, 15) is 26.3 Å². The molecule has 1 nitrogen and oxygen atoms in total. The van der Waals surface area contributed by atoms with Crippen LogP contribution in [0.25, 0.3) is 0 Å². The third kappa shape index (κ3) is 1.97. The Balaban J connectivity index is 3.36. The van der Waals surface area contributed by atoms with Crippen molar-refractivity contribution in [2.45, 2.75) is 12.6 Å². The van der Waals surface area contributed by atoms with Crippen molar-refractivity contribution in [3.8, 4) is 0 Å². The molecule has 14 heavy (non-hydrogen) atoms. The largest absolute Gasteiger partial charge is 0.433 e. The normalized spacial score (nSPS) is 12.2. The van der Waals surface area contributed by atoms with Gasteiger partial charge in [-0.15, -0.1) is 0 Å². The average molecular weight is 215 g/mol. The van der Waals surface area contributed by atoms with E-state index < -0.39 is 29.7 Å². The second kappa shape index (κ2) is 3.47. The van der Waals surface area contributed by atoms with E-state index in [1.54, 1.807) is 0 Å². The van der Waals surface area contributed by atoms with E-state index in [1.165, 1.54) is 0 Å². The van der Waals surface area contributed by atoms with Gasteiger partial charge in [0, 0.05) is 6.20 Å². The maximum Gasteiger partial charge on any atom is 0.433 e. The lowest BCUT2D eigenvalue weighted by Crippen LogP contribution is -2.13. The summed E-state index contributed by atoms with van der Waals surface area (Å²) in [4.78, 5) is 2.69. The van der Waals surface area contributed by atoms with Crippen LogP contribution in [-0.4, -0.2) is 4.98 Å². The molecule has 1 heterocycles. The van der Waals surface area contributed by atoms with Crippen LogP contribution in [0.2, 0.25) is 0 Å². The van der Waals surface area contributed by atoms with Crippen LogP contribution < -0.4 is 0 Å². The van der Waals surface area contributed by atoms with Gasteiger partial charge in [0.1, 0.15) is 5.82 Å². The second-order valence-corrected chi connectivity index (χ2v) is 2.35. The minimum atomic E-state index is -5.08. The standard InChI is InChI=1S/C7H3F6N/c8-3-1-2-14-5(7(11,12)13)4(3)6(9)10/h1-2,6H. The number of pyridine rings is 1. The van der Waals surface area contributed by atoms with Crippen molar-refractivity contribution >= 4 is 0 Å². The Kier molecular flexibility index (Phi) is 2.68. The first kappa shape index (κ1) is 10.8. The van der Waals surface area contributed by atoms with E-state index in [-0.39, 0.29) is 0 Å². The van der Waals surface area contributed by atoms with Gasteiger partial charge in [-0.05, 0) is 6.07 Å². The summed E-state index contributed by atoms with van der Waals surface area (Å²) in [6.07, 6.45) is -8.13. The van der Waals surface area contributed by atoms with Crippen molar-refractivity contribution in [1.29, 1.82) is 0 Å². The van der Waals surface area contributed by atoms with E-state index in [1.807, 2.05) is 0 Å². The van der Waals surface area contributed by atoms with Crippen LogP contribution >= 0.6 is 0 Å². The zero-order valence-electron chi connectivity index (χ0n) is 6.45. The predicted molar refractivity (Wildman–Crippen MR) is 34.2 cm³/mol. The molecule has 0 aliphatic carbocycles. The van der Waals surface area contributed by atoms with Gasteiger partial charge in [-0.2, -0.15) is 13.2 Å². The van der Waals surface area contributed by atoms with E-state index >= 15 is 0 Å². The number of halogens is 6. The van der Waals surface area contributed by atoms with Crippen molar-refractivity contribution in [2.75, 3.05) is 0 Å². The minimum Gasteiger partial charge on any atom is -0.251 e. The van der Waals surface area contributed by atoms with Crippen LogP contribution in [0, 0.1) is 5.82 Å². The van der Waals surface area contributed by atoms with Crippen LogP contribution in [0.5, 0.6) is 0 Å². The van der Waals surface area contributed by atoms with Crippen molar-refractivity contribution in [3.63, 3.8) is 0 Å². The predicted octanol–water partition coefficient (Wildman–Crippen LogP) is 3.18. The molecular weight excluding hydrogens is 212 g/mol. The molecule has 7 heteroatoms. The number of aromatic nitrogens is 1. The molecule has 78 valence electrons. The number of hydrogen-bond donors (Lipinski definition) is 0. The fraction of sp³-hybridized carbons (Fsp3) is 0.286. The zero-order chi connectivity index (χ0) is 10.9. The Hall–Kier alpha value is -1.27. The average Bonchev–Trinajstić information content (AvgIpc) is 2.01. The summed E-state index contributed by atoms with van der Waals surface area (Å²) in [6.45, 7) is 0. The Labute approximate surface area is 74.4 Å². The molecule has 0 fully saturated rings. The Bertz CT molecular complexity index is 331. The molecule has 0 radical (unpaired) electrons. The molecule has 0 saturated carbocycles. The lowest BCUT2D eigenvalue weighted by Gasteiger charge is -2.10. The monoisotopic (exact) mass is 215 g/mol. The van der Waals surface area contributed by atoms with Crippen LogP contribution in [0.3, 0.4) is 0 Å². The van der Waals surface area contributed by atoms with Crippen molar-refractivity contribution in [3.05, 3.63) is 29.3 Å². The van der Waals surface area contributed by atoms with Crippen LogP contribution in [0.4, 0.5) is 26.3 Å². The van der Waals surface area contributed by atoms with Gasteiger partial charge in [-0.25, -0.2) is 13.2 Å². The molecule has 0 N–H and O–H groups in total. The smallest absolute Gasteiger partial charge is 0.251 e. The summed E-state index contributed by atoms with van der Waals surface area (Å²) < 4.78 is 72.8. The molecule has 0 amide bonds. The number of hydrogen-bond acceptors (Lipinski definition) is 1. The number of alkyl halides is 5. The Morgan fingerprint density at radius 3 is 2.14 bits per heavy atom. The summed E-state index contributed by atoms with van der Waals surface area (Å²) >= 11 is 0. The van der Waals surface area contributed by atoms with Gasteiger partial charge < -0.3 is 0 Å². The summed E-state index contributed by atoms with van der Waals surface area (Å²) in [5.41, 5.74) is -3.59. The van der Waals surface area contributed by atoms with Crippen LogP contribution in [0.15, 0.2) is 12.3 Å². The molecule has 0 bridgehead atoms. The summed E-state index contributed by atoms with van der Waals surface area (Å²) in [7, 11) is 0.